The molecule has 0 saturated heterocycles. The molecule has 4 atom stereocenters. The summed E-state index contributed by atoms with van der Waals surface area (Å²) in [6, 6.07) is -0.892. The molecule has 13 nitrogen and oxygen atoms in total. The summed E-state index contributed by atoms with van der Waals surface area (Å²) in [4.78, 5) is 36.7. The van der Waals surface area contributed by atoms with Gasteiger partial charge < -0.3 is 29.0 Å². The lowest BCUT2D eigenvalue weighted by molar-refractivity contribution is -0.152. The summed E-state index contributed by atoms with van der Waals surface area (Å²) in [5.41, 5.74) is 6.87. The number of rotatable bonds is 16. The molecule has 0 saturated carbocycles. The molecule has 3 N–H and O–H groups in total. The van der Waals surface area contributed by atoms with Crippen molar-refractivity contribution >= 4 is 36.4 Å². The standard InChI is InChI=1S/C23H39N6O7P/c1-7-9-33-23(31)18(6)28-37(32,35-10-8-16(4)22(30)36-15(2)3)14-34-17(5)11-29-13-27-19-20(24)25-12-26-21(19)29/h12-13,15-18H,7-11,14H2,1-6H3,(H,28,32)(H2,24,25,26)/t16-,17+,18-,37?/m0/s1. The van der Waals surface area contributed by atoms with Gasteiger partial charge in [0.05, 0.1) is 44.2 Å². The third kappa shape index (κ3) is 9.66. The molecule has 0 aliphatic carbocycles. The highest BCUT2D eigenvalue weighted by Gasteiger charge is 2.31. The number of ether oxygens (including phenoxy) is 3. The first-order valence-corrected chi connectivity index (χ1v) is 14.2. The van der Waals surface area contributed by atoms with Gasteiger partial charge in [-0.05, 0) is 40.5 Å². The number of nitrogen functional groups attached to an aromatic ring is 1. The maximum absolute atomic E-state index is 13.7. The Labute approximate surface area is 217 Å². The van der Waals surface area contributed by atoms with E-state index in [0.717, 1.165) is 0 Å². The number of carbonyl (C=O) groups is 2. The van der Waals surface area contributed by atoms with Gasteiger partial charge in [-0.1, -0.05) is 13.8 Å². The summed E-state index contributed by atoms with van der Waals surface area (Å²) < 4.78 is 37.3. The minimum atomic E-state index is -3.67. The van der Waals surface area contributed by atoms with Crippen LogP contribution >= 0.6 is 7.52 Å². The van der Waals surface area contributed by atoms with Crippen molar-refractivity contribution in [1.82, 2.24) is 24.6 Å². The number of esters is 2. The predicted octanol–water partition coefficient (Wildman–Crippen LogP) is 2.89. The summed E-state index contributed by atoms with van der Waals surface area (Å²) in [5.74, 6) is -1.09. The van der Waals surface area contributed by atoms with Crippen molar-refractivity contribution < 1.29 is 32.9 Å². The summed E-state index contributed by atoms with van der Waals surface area (Å²) in [5, 5.41) is 2.75. The van der Waals surface area contributed by atoms with Crippen molar-refractivity contribution in [3.05, 3.63) is 12.7 Å². The second-order valence-electron chi connectivity index (χ2n) is 9.13. The first kappa shape index (κ1) is 30.6. The Morgan fingerprint density at radius 3 is 2.51 bits per heavy atom. The number of imidazole rings is 1. The van der Waals surface area contributed by atoms with Crippen molar-refractivity contribution in [3.8, 4) is 0 Å². The van der Waals surface area contributed by atoms with Crippen LogP contribution in [0.3, 0.4) is 0 Å². The van der Waals surface area contributed by atoms with Gasteiger partial charge in [0.15, 0.2) is 11.5 Å². The Morgan fingerprint density at radius 2 is 1.84 bits per heavy atom. The van der Waals surface area contributed by atoms with E-state index >= 15 is 0 Å². The van der Waals surface area contributed by atoms with Crippen LogP contribution < -0.4 is 10.8 Å². The fourth-order valence-corrected chi connectivity index (χ4v) is 4.99. The number of nitrogens with one attached hydrogen (secondary N) is 1. The molecule has 0 fully saturated rings. The van der Waals surface area contributed by atoms with Crippen LogP contribution in [0.1, 0.15) is 54.4 Å². The molecule has 0 radical (unpaired) electrons. The third-order valence-electron chi connectivity index (χ3n) is 5.21. The van der Waals surface area contributed by atoms with Crippen LogP contribution in [0, 0.1) is 5.92 Å². The van der Waals surface area contributed by atoms with Crippen molar-refractivity contribution in [2.75, 3.05) is 25.3 Å². The van der Waals surface area contributed by atoms with Gasteiger partial charge in [0, 0.05) is 0 Å². The van der Waals surface area contributed by atoms with Crippen LogP contribution in [-0.4, -0.2) is 69.3 Å². The number of hydrogen-bond donors (Lipinski definition) is 2. The van der Waals surface area contributed by atoms with Crippen LogP contribution in [0.5, 0.6) is 0 Å². The zero-order valence-electron chi connectivity index (χ0n) is 22.4. The Kier molecular flexibility index (Phi) is 11.9. The highest BCUT2D eigenvalue weighted by Crippen LogP contribution is 2.43. The van der Waals surface area contributed by atoms with Crippen LogP contribution in [-0.2, 0) is 39.4 Å². The summed E-state index contributed by atoms with van der Waals surface area (Å²) >= 11 is 0. The molecule has 0 bridgehead atoms. The summed E-state index contributed by atoms with van der Waals surface area (Å²) in [6.45, 7) is 11.1. The van der Waals surface area contributed by atoms with Crippen molar-refractivity contribution in [3.63, 3.8) is 0 Å². The second kappa shape index (κ2) is 14.4. The topological polar surface area (TPSA) is 170 Å². The highest BCUT2D eigenvalue weighted by molar-refractivity contribution is 7.56. The molecule has 14 heteroatoms. The number of fused-ring (bicyclic) bond motifs is 1. The summed E-state index contributed by atoms with van der Waals surface area (Å²) in [7, 11) is -3.67. The molecule has 0 aliphatic heterocycles. The van der Waals surface area contributed by atoms with Gasteiger partial charge in [0.25, 0.3) is 7.52 Å². The molecule has 2 aromatic rings. The number of carbonyl (C=O) groups excluding carboxylic acids is 2. The first-order chi connectivity index (χ1) is 17.5. The molecule has 2 rings (SSSR count). The largest absolute Gasteiger partial charge is 0.465 e. The molecular weight excluding hydrogens is 503 g/mol. The number of hydrogen-bond acceptors (Lipinski definition) is 11. The number of anilines is 1. The van der Waals surface area contributed by atoms with Crippen molar-refractivity contribution in [1.29, 1.82) is 0 Å². The third-order valence-corrected chi connectivity index (χ3v) is 7.08. The molecule has 0 aromatic carbocycles. The lowest BCUT2D eigenvalue weighted by atomic mass is 10.1. The zero-order chi connectivity index (χ0) is 27.6. The lowest BCUT2D eigenvalue weighted by Crippen LogP contribution is -2.35. The Hall–Kier alpha value is -2.60. The van der Waals surface area contributed by atoms with E-state index in [4.69, 9.17) is 24.5 Å². The van der Waals surface area contributed by atoms with E-state index in [9.17, 15) is 14.2 Å². The monoisotopic (exact) mass is 542 g/mol. The molecule has 0 amide bonds. The normalized spacial score (nSPS) is 15.8. The molecule has 0 aliphatic rings. The molecule has 37 heavy (non-hydrogen) atoms. The lowest BCUT2D eigenvalue weighted by Gasteiger charge is -2.25. The molecule has 2 heterocycles. The van der Waals surface area contributed by atoms with Crippen LogP contribution in [0.25, 0.3) is 11.2 Å². The number of nitrogens with zero attached hydrogens (tertiary/aromatic N) is 4. The zero-order valence-corrected chi connectivity index (χ0v) is 23.3. The molecule has 1 unspecified atom stereocenters. The van der Waals surface area contributed by atoms with Gasteiger partial charge in [-0.15, -0.1) is 0 Å². The van der Waals surface area contributed by atoms with Gasteiger partial charge in [-0.25, -0.2) is 20.0 Å². The SMILES string of the molecule is CCCOC(=O)[C@H](C)NP(=O)(CO[C@H](C)Cn1cnc2c(N)ncnc21)OCC[C@H](C)C(=O)OC(C)C. The Balaban J connectivity index is 2.03. The van der Waals surface area contributed by atoms with Gasteiger partial charge in [0.2, 0.25) is 0 Å². The minimum Gasteiger partial charge on any atom is -0.465 e. The average Bonchev–Trinajstić information content (AvgIpc) is 3.24. The van der Waals surface area contributed by atoms with Gasteiger partial charge in [-0.3, -0.25) is 14.2 Å². The van der Waals surface area contributed by atoms with E-state index < -0.39 is 31.6 Å². The molecule has 208 valence electrons. The second-order valence-corrected chi connectivity index (χ2v) is 11.3. The maximum Gasteiger partial charge on any atom is 0.323 e. The smallest absolute Gasteiger partial charge is 0.323 e. The van der Waals surface area contributed by atoms with Crippen LogP contribution in [0.4, 0.5) is 5.82 Å². The van der Waals surface area contributed by atoms with E-state index in [1.54, 1.807) is 45.5 Å². The van der Waals surface area contributed by atoms with Crippen LogP contribution in [0.15, 0.2) is 12.7 Å². The molecule has 2 aromatic heterocycles. The molecule has 0 spiro atoms. The predicted molar refractivity (Wildman–Crippen MR) is 138 cm³/mol. The van der Waals surface area contributed by atoms with E-state index in [2.05, 4.69) is 20.0 Å². The number of aromatic nitrogens is 4. The fourth-order valence-electron chi connectivity index (χ4n) is 3.22. The van der Waals surface area contributed by atoms with Crippen LogP contribution in [0.2, 0.25) is 0 Å². The van der Waals surface area contributed by atoms with E-state index in [1.165, 1.54) is 6.33 Å². The van der Waals surface area contributed by atoms with Gasteiger partial charge in [0.1, 0.15) is 24.2 Å². The van der Waals surface area contributed by atoms with E-state index in [0.29, 0.717) is 24.1 Å². The maximum atomic E-state index is 13.7. The van der Waals surface area contributed by atoms with E-state index in [1.807, 2.05) is 6.92 Å². The van der Waals surface area contributed by atoms with Crippen molar-refractivity contribution in [2.45, 2.75) is 79.2 Å². The first-order valence-electron chi connectivity index (χ1n) is 12.4. The van der Waals surface area contributed by atoms with Gasteiger partial charge in [-0.2, -0.15) is 0 Å². The Bertz CT molecular complexity index is 1080. The van der Waals surface area contributed by atoms with Crippen molar-refractivity contribution in [2.24, 2.45) is 5.92 Å². The average molecular weight is 543 g/mol. The molecular formula is C23H39N6O7P. The summed E-state index contributed by atoms with van der Waals surface area (Å²) in [6.07, 6.45) is 2.91. The van der Waals surface area contributed by atoms with E-state index in [-0.39, 0.29) is 43.9 Å². The fraction of sp³-hybridized carbons (Fsp3) is 0.696. The quantitative estimate of drug-likeness (QED) is 0.235. The van der Waals surface area contributed by atoms with Gasteiger partial charge >= 0.3 is 11.9 Å². The number of nitrogens with two attached hydrogens (primary N) is 1. The minimum absolute atomic E-state index is 0.00450. The Morgan fingerprint density at radius 1 is 1.11 bits per heavy atom. The highest BCUT2D eigenvalue weighted by atomic mass is 31.2.